The highest BCUT2D eigenvalue weighted by atomic mass is 16.2. The zero-order chi connectivity index (χ0) is 21.5. The largest absolute Gasteiger partial charge is 0.399 e. The highest BCUT2D eigenvalue weighted by Gasteiger charge is 2.41. The van der Waals surface area contributed by atoms with Crippen molar-refractivity contribution in [3.8, 4) is 0 Å². The molecule has 0 radical (unpaired) electrons. The lowest BCUT2D eigenvalue weighted by Gasteiger charge is -2.15. The smallest absolute Gasteiger partial charge is 0.332 e. The molecule has 2 aromatic heterocycles. The molecule has 1 aromatic carbocycles. The number of fused-ring (bicyclic) bond motifs is 2. The van der Waals surface area contributed by atoms with Crippen LogP contribution in [0.2, 0.25) is 0 Å². The number of rotatable bonds is 6. The fraction of sp³-hybridized carbons (Fsp3) is 0.542. The lowest BCUT2D eigenvalue weighted by atomic mass is 9.91. The Hall–Kier alpha value is -2.83. The van der Waals surface area contributed by atoms with Crippen molar-refractivity contribution in [2.24, 2.45) is 11.8 Å². The van der Waals surface area contributed by atoms with Crippen molar-refractivity contribution in [2.75, 3.05) is 5.73 Å². The van der Waals surface area contributed by atoms with E-state index in [0.29, 0.717) is 42.5 Å². The Balaban J connectivity index is 1.57. The minimum Gasteiger partial charge on any atom is -0.399 e. The number of nitrogens with two attached hydrogens (primary N) is 1. The second kappa shape index (κ2) is 8.02. The molecule has 0 bridgehead atoms. The Kier molecular flexibility index (Phi) is 5.20. The van der Waals surface area contributed by atoms with Crippen molar-refractivity contribution in [2.45, 2.75) is 70.9 Å². The summed E-state index contributed by atoms with van der Waals surface area (Å²) >= 11 is 0. The van der Waals surface area contributed by atoms with Crippen molar-refractivity contribution in [3.63, 3.8) is 0 Å². The van der Waals surface area contributed by atoms with Crippen molar-refractivity contribution < 1.29 is 0 Å². The number of benzene rings is 1. The van der Waals surface area contributed by atoms with Crippen LogP contribution in [-0.2, 0) is 19.5 Å². The lowest BCUT2D eigenvalue weighted by molar-refractivity contribution is 0.414. The van der Waals surface area contributed by atoms with E-state index in [4.69, 9.17) is 10.7 Å². The molecule has 2 aliphatic rings. The van der Waals surface area contributed by atoms with Gasteiger partial charge >= 0.3 is 5.69 Å². The van der Waals surface area contributed by atoms with Gasteiger partial charge in [-0.05, 0) is 61.6 Å². The molecule has 164 valence electrons. The number of anilines is 1. The van der Waals surface area contributed by atoms with Crippen LogP contribution in [0, 0.1) is 11.8 Å². The second-order valence-electron chi connectivity index (χ2n) is 9.24. The van der Waals surface area contributed by atoms with E-state index in [0.717, 1.165) is 35.8 Å². The summed E-state index contributed by atoms with van der Waals surface area (Å²) in [6, 6.07) is 7.70. The molecule has 2 aliphatic carbocycles. The molecule has 3 aromatic rings. The third-order valence-corrected chi connectivity index (χ3v) is 7.36. The van der Waals surface area contributed by atoms with Crippen LogP contribution in [0.1, 0.15) is 62.8 Å². The third-order valence-electron chi connectivity index (χ3n) is 7.36. The van der Waals surface area contributed by atoms with E-state index in [1.54, 1.807) is 4.57 Å². The summed E-state index contributed by atoms with van der Waals surface area (Å²) in [7, 11) is 0. The van der Waals surface area contributed by atoms with E-state index in [1.165, 1.54) is 30.3 Å². The van der Waals surface area contributed by atoms with Crippen molar-refractivity contribution in [1.82, 2.24) is 19.1 Å². The van der Waals surface area contributed by atoms with Gasteiger partial charge in [0.05, 0.1) is 0 Å². The molecule has 0 saturated heterocycles. The fourth-order valence-electron chi connectivity index (χ4n) is 5.81. The Labute approximate surface area is 181 Å². The first kappa shape index (κ1) is 20.1. The number of aromatic amines is 1. The normalized spacial score (nSPS) is 22.9. The number of H-pyrrole nitrogens is 1. The Bertz CT molecular complexity index is 1200. The van der Waals surface area contributed by atoms with Crippen LogP contribution in [0.3, 0.4) is 0 Å². The SMILES string of the molecule is CCCn1c(=O)c2[nH]c(C3CCC4CCCC43)nc2n(CCc2ccc(N)cc2)c1=O. The van der Waals surface area contributed by atoms with Crippen LogP contribution < -0.4 is 17.0 Å². The summed E-state index contributed by atoms with van der Waals surface area (Å²) in [6.45, 7) is 2.87. The van der Waals surface area contributed by atoms with Gasteiger partial charge in [-0.15, -0.1) is 0 Å². The molecule has 2 heterocycles. The molecule has 2 fully saturated rings. The first-order valence-corrected chi connectivity index (χ1v) is 11.6. The Morgan fingerprint density at radius 2 is 1.87 bits per heavy atom. The number of nitrogens with one attached hydrogen (secondary N) is 1. The minimum atomic E-state index is -0.266. The van der Waals surface area contributed by atoms with Gasteiger partial charge in [0.2, 0.25) is 0 Å². The summed E-state index contributed by atoms with van der Waals surface area (Å²) in [5, 5.41) is 0. The zero-order valence-electron chi connectivity index (χ0n) is 18.1. The van der Waals surface area contributed by atoms with Crippen LogP contribution in [-0.4, -0.2) is 19.1 Å². The maximum absolute atomic E-state index is 13.2. The summed E-state index contributed by atoms with van der Waals surface area (Å²) < 4.78 is 3.05. The molecule has 3 atom stereocenters. The van der Waals surface area contributed by atoms with Gasteiger partial charge in [0.15, 0.2) is 5.65 Å². The first-order valence-electron chi connectivity index (χ1n) is 11.6. The van der Waals surface area contributed by atoms with E-state index >= 15 is 0 Å². The van der Waals surface area contributed by atoms with Gasteiger partial charge in [0.1, 0.15) is 11.3 Å². The number of aryl methyl sites for hydroxylation is 2. The lowest BCUT2D eigenvalue weighted by Crippen LogP contribution is -2.40. The van der Waals surface area contributed by atoms with Gasteiger partial charge in [-0.2, -0.15) is 0 Å². The molecule has 0 amide bonds. The van der Waals surface area contributed by atoms with Crippen LogP contribution in [0.4, 0.5) is 5.69 Å². The number of imidazole rings is 1. The Morgan fingerprint density at radius 3 is 2.65 bits per heavy atom. The molecule has 7 heteroatoms. The predicted octanol–water partition coefficient (Wildman–Crippen LogP) is 3.41. The molecule has 2 saturated carbocycles. The van der Waals surface area contributed by atoms with Crippen molar-refractivity contribution in [3.05, 3.63) is 56.5 Å². The second-order valence-corrected chi connectivity index (χ2v) is 9.24. The fourth-order valence-corrected chi connectivity index (χ4v) is 5.81. The molecule has 3 N–H and O–H groups in total. The number of nitrogens with zero attached hydrogens (tertiary/aromatic N) is 3. The van der Waals surface area contributed by atoms with Gasteiger partial charge in [0.25, 0.3) is 5.56 Å². The average molecular weight is 422 g/mol. The number of hydrogen-bond donors (Lipinski definition) is 2. The minimum absolute atomic E-state index is 0.245. The molecule has 31 heavy (non-hydrogen) atoms. The van der Waals surface area contributed by atoms with Crippen LogP contribution in [0.5, 0.6) is 0 Å². The van der Waals surface area contributed by atoms with E-state index < -0.39 is 0 Å². The first-order chi connectivity index (χ1) is 15.1. The summed E-state index contributed by atoms with van der Waals surface area (Å²) in [4.78, 5) is 34.6. The van der Waals surface area contributed by atoms with E-state index in [2.05, 4.69) is 4.98 Å². The highest BCUT2D eigenvalue weighted by Crippen LogP contribution is 2.51. The predicted molar refractivity (Wildman–Crippen MR) is 122 cm³/mol. The molecular formula is C24H31N5O2. The van der Waals surface area contributed by atoms with Crippen molar-refractivity contribution in [1.29, 1.82) is 0 Å². The summed E-state index contributed by atoms with van der Waals surface area (Å²) in [5.41, 5.74) is 8.09. The monoisotopic (exact) mass is 421 g/mol. The van der Waals surface area contributed by atoms with Gasteiger partial charge in [-0.25, -0.2) is 9.78 Å². The van der Waals surface area contributed by atoms with Gasteiger partial charge < -0.3 is 10.7 Å². The van der Waals surface area contributed by atoms with E-state index in [1.807, 2.05) is 31.2 Å². The van der Waals surface area contributed by atoms with Gasteiger partial charge in [0, 0.05) is 24.7 Å². The molecule has 0 spiro atoms. The van der Waals surface area contributed by atoms with Crippen LogP contribution >= 0.6 is 0 Å². The highest BCUT2D eigenvalue weighted by molar-refractivity contribution is 5.70. The Morgan fingerprint density at radius 1 is 1.06 bits per heavy atom. The van der Waals surface area contributed by atoms with Crippen LogP contribution in [0.25, 0.3) is 11.2 Å². The molecule has 3 unspecified atom stereocenters. The van der Waals surface area contributed by atoms with Gasteiger partial charge in [-0.1, -0.05) is 31.9 Å². The third kappa shape index (κ3) is 3.50. The summed E-state index contributed by atoms with van der Waals surface area (Å²) in [6.07, 6.45) is 7.63. The number of hydrogen-bond acceptors (Lipinski definition) is 4. The van der Waals surface area contributed by atoms with E-state index in [9.17, 15) is 9.59 Å². The van der Waals surface area contributed by atoms with Crippen molar-refractivity contribution >= 4 is 16.9 Å². The maximum Gasteiger partial charge on any atom is 0.332 e. The standard InChI is InChI=1S/C24H31N5O2/c1-2-13-29-23(30)20-22(27-21(26-20)19-11-8-16-4-3-5-18(16)19)28(24(29)31)14-12-15-6-9-17(25)10-7-15/h6-7,9-10,16,18-19H,2-5,8,11-14,25H2,1H3,(H,26,27). The van der Waals surface area contributed by atoms with Gasteiger partial charge in [-0.3, -0.25) is 13.9 Å². The maximum atomic E-state index is 13.2. The zero-order valence-corrected chi connectivity index (χ0v) is 18.1. The molecule has 5 rings (SSSR count). The molecule has 0 aliphatic heterocycles. The number of nitrogen functional groups attached to an aromatic ring is 1. The quantitative estimate of drug-likeness (QED) is 0.596. The average Bonchev–Trinajstić information content (AvgIpc) is 3.48. The number of aromatic nitrogens is 4. The van der Waals surface area contributed by atoms with E-state index in [-0.39, 0.29) is 11.2 Å². The summed E-state index contributed by atoms with van der Waals surface area (Å²) in [5.74, 6) is 2.73. The molecule has 7 nitrogen and oxygen atoms in total. The topological polar surface area (TPSA) is 98.7 Å². The molecular weight excluding hydrogens is 390 g/mol. The van der Waals surface area contributed by atoms with Crippen LogP contribution in [0.15, 0.2) is 33.9 Å².